The van der Waals surface area contributed by atoms with Gasteiger partial charge < -0.3 is 5.32 Å². The van der Waals surface area contributed by atoms with Crippen LogP contribution < -0.4 is 5.32 Å². The Bertz CT molecular complexity index is 728. The first-order valence-corrected chi connectivity index (χ1v) is 5.76. The second-order valence-corrected chi connectivity index (χ2v) is 4.07. The van der Waals surface area contributed by atoms with Crippen LogP contribution in [0.2, 0.25) is 0 Å². The minimum atomic E-state index is -4.53. The molecule has 1 N–H and O–H groups in total. The lowest BCUT2D eigenvalue weighted by molar-refractivity contribution is -0.137. The number of aromatic nitrogens is 2. The Morgan fingerprint density at radius 3 is 2.67 bits per heavy atom. The van der Waals surface area contributed by atoms with E-state index in [2.05, 4.69) is 10.4 Å². The van der Waals surface area contributed by atoms with Crippen molar-refractivity contribution in [1.29, 1.82) is 5.26 Å². The molecule has 0 saturated heterocycles. The molecule has 0 aliphatic carbocycles. The van der Waals surface area contributed by atoms with E-state index < -0.39 is 17.6 Å². The van der Waals surface area contributed by atoms with Gasteiger partial charge in [0.05, 0.1) is 16.8 Å². The molecule has 1 heterocycles. The highest BCUT2D eigenvalue weighted by atomic mass is 19.4. The van der Waals surface area contributed by atoms with E-state index in [1.165, 1.54) is 24.0 Å². The van der Waals surface area contributed by atoms with Crippen molar-refractivity contribution in [2.45, 2.75) is 6.18 Å². The largest absolute Gasteiger partial charge is 0.416 e. The van der Waals surface area contributed by atoms with Crippen LogP contribution in [0, 0.1) is 11.3 Å². The summed E-state index contributed by atoms with van der Waals surface area (Å²) in [7, 11) is 1.43. The van der Waals surface area contributed by atoms with E-state index >= 15 is 0 Å². The van der Waals surface area contributed by atoms with Crippen molar-refractivity contribution in [3.8, 4) is 11.8 Å². The van der Waals surface area contributed by atoms with Crippen molar-refractivity contribution in [3.05, 3.63) is 47.3 Å². The quantitative estimate of drug-likeness (QED) is 0.922. The van der Waals surface area contributed by atoms with Gasteiger partial charge in [-0.3, -0.25) is 4.79 Å². The van der Waals surface area contributed by atoms with Crippen molar-refractivity contribution in [1.82, 2.24) is 15.1 Å². The summed E-state index contributed by atoms with van der Waals surface area (Å²) in [5.74, 6) is -0.431. The molecule has 0 fully saturated rings. The van der Waals surface area contributed by atoms with E-state index in [-0.39, 0.29) is 16.9 Å². The van der Waals surface area contributed by atoms with Gasteiger partial charge in [0.2, 0.25) is 0 Å². The fraction of sp³-hybridized carbons (Fsp3) is 0.154. The molecule has 21 heavy (non-hydrogen) atoms. The summed E-state index contributed by atoms with van der Waals surface area (Å²) in [6, 6.07) is 5.84. The number of nitriles is 1. The summed E-state index contributed by atoms with van der Waals surface area (Å²) in [5, 5.41) is 15.3. The lowest BCUT2D eigenvalue weighted by Gasteiger charge is -2.09. The molecular weight excluding hydrogens is 285 g/mol. The number of carbonyl (C=O) groups is 1. The molecule has 0 saturated carbocycles. The van der Waals surface area contributed by atoms with E-state index in [1.54, 1.807) is 6.07 Å². The van der Waals surface area contributed by atoms with Crippen LogP contribution in [0.4, 0.5) is 13.2 Å². The highest BCUT2D eigenvalue weighted by Crippen LogP contribution is 2.31. The van der Waals surface area contributed by atoms with Gasteiger partial charge in [-0.25, -0.2) is 4.68 Å². The molecule has 1 amide bonds. The van der Waals surface area contributed by atoms with Crippen molar-refractivity contribution in [2.75, 3.05) is 7.05 Å². The summed E-state index contributed by atoms with van der Waals surface area (Å²) in [6.07, 6.45) is -3.13. The van der Waals surface area contributed by atoms with Crippen molar-refractivity contribution in [2.24, 2.45) is 0 Å². The number of amides is 1. The molecule has 1 aromatic heterocycles. The highest BCUT2D eigenvalue weighted by molar-refractivity contribution is 5.91. The molecule has 2 aromatic rings. The van der Waals surface area contributed by atoms with Crippen molar-refractivity contribution >= 4 is 5.91 Å². The summed E-state index contributed by atoms with van der Waals surface area (Å²) < 4.78 is 39.0. The zero-order valence-corrected chi connectivity index (χ0v) is 10.8. The molecule has 5 nitrogen and oxygen atoms in total. The number of carbonyl (C=O) groups excluding carboxylic acids is 1. The summed E-state index contributed by atoms with van der Waals surface area (Å²) in [6.45, 7) is 0. The normalized spacial score (nSPS) is 11.0. The summed E-state index contributed by atoms with van der Waals surface area (Å²) in [5.41, 5.74) is -0.834. The topological polar surface area (TPSA) is 70.7 Å². The number of rotatable bonds is 2. The van der Waals surface area contributed by atoms with Crippen LogP contribution in [0.5, 0.6) is 0 Å². The Balaban J connectivity index is 2.48. The first kappa shape index (κ1) is 14.6. The molecule has 0 spiro atoms. The van der Waals surface area contributed by atoms with Crippen LogP contribution in [0.3, 0.4) is 0 Å². The molecule has 0 bridgehead atoms. The zero-order valence-electron chi connectivity index (χ0n) is 10.8. The number of halogens is 3. The maximum atomic E-state index is 12.6. The number of alkyl halides is 3. The average molecular weight is 294 g/mol. The standard InChI is InChI=1S/C13H9F3N4O/c1-18-12(21)10-4-5-20(19-10)11-3-2-9(13(14,15)16)6-8(11)7-17/h2-6H,1H3,(H,18,21). The predicted octanol–water partition coefficient (Wildman–Crippen LogP) is 2.12. The maximum Gasteiger partial charge on any atom is 0.416 e. The molecule has 0 aliphatic rings. The van der Waals surface area contributed by atoms with Crippen LogP contribution in [-0.2, 0) is 6.18 Å². The van der Waals surface area contributed by atoms with Gasteiger partial charge >= 0.3 is 6.18 Å². The second-order valence-electron chi connectivity index (χ2n) is 4.07. The molecule has 2 rings (SSSR count). The van der Waals surface area contributed by atoms with Gasteiger partial charge in [-0.15, -0.1) is 0 Å². The third-order valence-electron chi connectivity index (χ3n) is 2.74. The second kappa shape index (κ2) is 5.28. The third kappa shape index (κ3) is 2.86. The smallest absolute Gasteiger partial charge is 0.354 e. The molecule has 8 heteroatoms. The Morgan fingerprint density at radius 1 is 1.38 bits per heavy atom. The van der Waals surface area contributed by atoms with E-state index in [1.807, 2.05) is 0 Å². The van der Waals surface area contributed by atoms with Crippen LogP contribution in [-0.4, -0.2) is 22.7 Å². The van der Waals surface area contributed by atoms with Crippen LogP contribution in [0.25, 0.3) is 5.69 Å². The number of hydrogen-bond donors (Lipinski definition) is 1. The highest BCUT2D eigenvalue weighted by Gasteiger charge is 2.31. The van der Waals surface area contributed by atoms with Gasteiger partial charge in [0.15, 0.2) is 5.69 Å². The monoisotopic (exact) mass is 294 g/mol. The van der Waals surface area contributed by atoms with Gasteiger partial charge in [0, 0.05) is 13.2 Å². The molecule has 0 atom stereocenters. The molecule has 0 unspecified atom stereocenters. The lowest BCUT2D eigenvalue weighted by Crippen LogP contribution is -2.18. The number of benzene rings is 1. The zero-order chi connectivity index (χ0) is 15.6. The van der Waals surface area contributed by atoms with Crippen LogP contribution in [0.15, 0.2) is 30.5 Å². The van der Waals surface area contributed by atoms with E-state index in [0.29, 0.717) is 0 Å². The van der Waals surface area contributed by atoms with Gasteiger partial charge in [-0.05, 0) is 24.3 Å². The third-order valence-corrected chi connectivity index (χ3v) is 2.74. The van der Waals surface area contributed by atoms with Gasteiger partial charge in [0.1, 0.15) is 6.07 Å². The SMILES string of the molecule is CNC(=O)c1ccn(-c2ccc(C(F)(F)F)cc2C#N)n1. The minimum Gasteiger partial charge on any atom is -0.354 e. The average Bonchev–Trinajstić information content (AvgIpc) is 2.94. The van der Waals surface area contributed by atoms with Crippen molar-refractivity contribution in [3.63, 3.8) is 0 Å². The predicted molar refractivity (Wildman–Crippen MR) is 66.7 cm³/mol. The first-order chi connectivity index (χ1) is 9.86. The Morgan fingerprint density at radius 2 is 2.10 bits per heavy atom. The molecule has 0 aliphatic heterocycles. The van der Waals surface area contributed by atoms with Gasteiger partial charge in [-0.2, -0.15) is 23.5 Å². The first-order valence-electron chi connectivity index (χ1n) is 5.76. The fourth-order valence-corrected chi connectivity index (χ4v) is 1.71. The van der Waals surface area contributed by atoms with Crippen LogP contribution >= 0.6 is 0 Å². The Kier molecular flexibility index (Phi) is 3.67. The van der Waals surface area contributed by atoms with Gasteiger partial charge in [-0.1, -0.05) is 0 Å². The fourth-order valence-electron chi connectivity index (χ4n) is 1.71. The van der Waals surface area contributed by atoms with E-state index in [4.69, 9.17) is 5.26 Å². The minimum absolute atomic E-state index is 0.0984. The number of nitrogens with zero attached hydrogens (tertiary/aromatic N) is 3. The summed E-state index contributed by atoms with van der Waals surface area (Å²) in [4.78, 5) is 11.4. The Labute approximate surface area is 117 Å². The number of nitrogens with one attached hydrogen (secondary N) is 1. The lowest BCUT2D eigenvalue weighted by atomic mass is 10.1. The molecular formula is C13H9F3N4O. The molecule has 1 aromatic carbocycles. The van der Waals surface area contributed by atoms with Crippen molar-refractivity contribution < 1.29 is 18.0 Å². The van der Waals surface area contributed by atoms with Crippen LogP contribution in [0.1, 0.15) is 21.6 Å². The van der Waals surface area contributed by atoms with Gasteiger partial charge in [0.25, 0.3) is 5.91 Å². The Hall–Kier alpha value is -2.82. The summed E-state index contributed by atoms with van der Waals surface area (Å²) >= 11 is 0. The number of hydrogen-bond acceptors (Lipinski definition) is 3. The van der Waals surface area contributed by atoms with E-state index in [9.17, 15) is 18.0 Å². The van der Waals surface area contributed by atoms with E-state index in [0.717, 1.165) is 18.2 Å². The maximum absolute atomic E-state index is 12.6. The molecule has 0 radical (unpaired) electrons. The molecule has 108 valence electrons.